The fraction of sp³-hybridized carbons (Fsp3) is 0.154. The Hall–Kier alpha value is -3.47. The summed E-state index contributed by atoms with van der Waals surface area (Å²) in [4.78, 5) is 18.9. The molecule has 7 heteroatoms. The highest BCUT2D eigenvalue weighted by atomic mass is 16.1. The third-order valence-corrected chi connectivity index (χ3v) is 5.84. The number of amides is 1. The minimum absolute atomic E-state index is 0.353. The molecule has 0 bridgehead atoms. The Kier molecular flexibility index (Phi) is 7.32. The number of fused-ring (bicyclic) bond motifs is 1. The molecular weight excluding hydrogens is 403 g/mol. The first-order chi connectivity index (χ1) is 15.7. The fourth-order valence-corrected chi connectivity index (χ4v) is 3.65. The number of allylic oxidation sites excluding steroid dienone is 1. The smallest absolute Gasteiger partial charge is 0.249 e. The monoisotopic (exact) mass is 427 g/mol. The van der Waals surface area contributed by atoms with Crippen LogP contribution in [0.1, 0.15) is 29.2 Å². The summed E-state index contributed by atoms with van der Waals surface area (Å²) in [7, 11) is 20.3. The fourth-order valence-electron chi connectivity index (χ4n) is 3.65. The summed E-state index contributed by atoms with van der Waals surface area (Å²) >= 11 is 0. The maximum Gasteiger partial charge on any atom is 0.249 e. The molecule has 3 aromatic rings. The number of nitrogens with one attached hydrogen (secondary N) is 1. The van der Waals surface area contributed by atoms with Gasteiger partial charge in [-0.15, -0.1) is 0 Å². The Labute approximate surface area is 199 Å². The second kappa shape index (κ2) is 9.99. The average molecular weight is 427 g/mol. The Morgan fingerprint density at radius 1 is 1.06 bits per heavy atom. The molecule has 0 saturated heterocycles. The van der Waals surface area contributed by atoms with Crippen LogP contribution in [0.15, 0.2) is 55.4 Å². The lowest BCUT2D eigenvalue weighted by Gasteiger charge is -2.18. The molecule has 0 aliphatic rings. The van der Waals surface area contributed by atoms with E-state index in [2.05, 4.69) is 22.9 Å². The van der Waals surface area contributed by atoms with E-state index in [9.17, 15) is 4.79 Å². The summed E-state index contributed by atoms with van der Waals surface area (Å²) in [5.41, 5.74) is 5.62. The van der Waals surface area contributed by atoms with Crippen molar-refractivity contribution in [3.05, 3.63) is 77.6 Å². The van der Waals surface area contributed by atoms with Crippen molar-refractivity contribution in [2.75, 3.05) is 12.4 Å². The lowest BCUT2D eigenvalue weighted by molar-refractivity contribution is -0.111. The Balaban J connectivity index is 1.86. The number of aromatic nitrogens is 1. The van der Waals surface area contributed by atoms with Crippen molar-refractivity contribution in [1.82, 2.24) is 9.88 Å². The molecule has 2 aromatic carbocycles. The zero-order valence-corrected chi connectivity index (χ0v) is 19.4. The molecule has 0 spiro atoms. The molecule has 0 aliphatic carbocycles. The number of carbonyl (C=O) groups is 1. The molecular formula is C26H24B3N3O. The zero-order valence-electron chi connectivity index (χ0n) is 19.4. The highest BCUT2D eigenvalue weighted by molar-refractivity contribution is 6.53. The van der Waals surface area contributed by atoms with E-state index in [4.69, 9.17) is 23.5 Å². The van der Waals surface area contributed by atoms with E-state index < -0.39 is 0 Å². The molecule has 1 aromatic heterocycles. The summed E-state index contributed by atoms with van der Waals surface area (Å²) in [5.74, 6) is 0.0862. The van der Waals surface area contributed by atoms with Gasteiger partial charge in [-0.25, -0.2) is 4.98 Å². The molecule has 0 fully saturated rings. The summed E-state index contributed by atoms with van der Waals surface area (Å²) < 4.78 is 0. The number of hydrogen-bond acceptors (Lipinski definition) is 3. The van der Waals surface area contributed by atoms with E-state index in [0.29, 0.717) is 27.8 Å². The summed E-state index contributed by atoms with van der Waals surface area (Å²) in [6, 6.07) is 7.92. The van der Waals surface area contributed by atoms with Gasteiger partial charge in [0.2, 0.25) is 5.91 Å². The van der Waals surface area contributed by atoms with Gasteiger partial charge >= 0.3 is 0 Å². The first-order valence-corrected chi connectivity index (χ1v) is 10.5. The summed E-state index contributed by atoms with van der Waals surface area (Å²) in [6.45, 7) is 9.54. The number of nitrogens with zero attached hydrogens (tertiary/aromatic N) is 2. The number of pyridine rings is 1. The van der Waals surface area contributed by atoms with Gasteiger partial charge in [0.05, 0.1) is 0 Å². The predicted octanol–water partition coefficient (Wildman–Crippen LogP) is 2.32. The second-order valence-electron chi connectivity index (χ2n) is 7.83. The van der Waals surface area contributed by atoms with Crippen LogP contribution in [0.4, 0.5) is 5.82 Å². The van der Waals surface area contributed by atoms with Crippen LogP contribution in [0.3, 0.4) is 0 Å². The van der Waals surface area contributed by atoms with Crippen LogP contribution < -0.4 is 21.7 Å². The van der Waals surface area contributed by atoms with Gasteiger partial charge in [-0.2, -0.15) is 0 Å². The lowest BCUT2D eigenvalue weighted by Crippen LogP contribution is -2.38. The van der Waals surface area contributed by atoms with E-state index in [1.54, 1.807) is 18.5 Å². The van der Waals surface area contributed by atoms with E-state index in [0.717, 1.165) is 33.2 Å². The third-order valence-electron chi connectivity index (χ3n) is 5.84. The van der Waals surface area contributed by atoms with E-state index >= 15 is 0 Å². The van der Waals surface area contributed by atoms with Gasteiger partial charge < -0.3 is 10.2 Å². The lowest BCUT2D eigenvalue weighted by atomic mass is 9.68. The molecule has 6 radical (unpaired) electrons. The van der Waals surface area contributed by atoms with Crippen LogP contribution in [-0.4, -0.2) is 46.4 Å². The van der Waals surface area contributed by atoms with Crippen molar-refractivity contribution in [3.63, 3.8) is 0 Å². The van der Waals surface area contributed by atoms with Gasteiger partial charge in [-0.05, 0) is 55.6 Å². The molecule has 0 atom stereocenters. The van der Waals surface area contributed by atoms with Crippen molar-refractivity contribution in [3.8, 4) is 0 Å². The molecule has 33 heavy (non-hydrogen) atoms. The largest absolute Gasteiger partial charge is 0.351 e. The van der Waals surface area contributed by atoms with Crippen molar-refractivity contribution in [2.24, 2.45) is 0 Å². The SMILES string of the molecule is [B]c1c([B])c(/C=C/C(=O)Nc2cc3cc(/C(=C/C)N(C)C=C)ccc3cn2)c([B])c(C)c1C. The van der Waals surface area contributed by atoms with Gasteiger partial charge in [-0.3, -0.25) is 4.79 Å². The van der Waals surface area contributed by atoms with Crippen LogP contribution in [-0.2, 0) is 4.79 Å². The normalized spacial score (nSPS) is 11.7. The highest BCUT2D eigenvalue weighted by Gasteiger charge is 2.10. The first kappa shape index (κ1) is 24.2. The molecule has 1 N–H and O–H groups in total. The number of rotatable bonds is 6. The summed E-state index contributed by atoms with van der Waals surface area (Å²) in [6.07, 6.45) is 8.45. The molecule has 1 amide bonds. The topological polar surface area (TPSA) is 45.2 Å². The first-order valence-electron chi connectivity index (χ1n) is 10.5. The predicted molar refractivity (Wildman–Crippen MR) is 143 cm³/mol. The zero-order chi connectivity index (χ0) is 24.3. The van der Waals surface area contributed by atoms with Crippen molar-refractivity contribution >= 4 is 74.2 Å². The Bertz CT molecular complexity index is 1280. The van der Waals surface area contributed by atoms with Gasteiger partial charge in [0, 0.05) is 30.4 Å². The molecule has 0 saturated carbocycles. The minimum Gasteiger partial charge on any atom is -0.351 e. The Morgan fingerprint density at radius 3 is 2.42 bits per heavy atom. The van der Waals surface area contributed by atoms with Crippen molar-refractivity contribution in [2.45, 2.75) is 20.8 Å². The number of benzene rings is 2. The van der Waals surface area contributed by atoms with Crippen LogP contribution in [0.25, 0.3) is 22.5 Å². The summed E-state index contributed by atoms with van der Waals surface area (Å²) in [5, 5.41) is 4.71. The number of anilines is 1. The van der Waals surface area contributed by atoms with Gasteiger partial charge in [-0.1, -0.05) is 58.4 Å². The minimum atomic E-state index is -0.353. The van der Waals surface area contributed by atoms with Gasteiger partial charge in [0.15, 0.2) is 0 Å². The maximum absolute atomic E-state index is 12.6. The van der Waals surface area contributed by atoms with Crippen molar-refractivity contribution in [1.29, 1.82) is 0 Å². The maximum atomic E-state index is 12.6. The van der Waals surface area contributed by atoms with Crippen molar-refractivity contribution < 1.29 is 4.79 Å². The van der Waals surface area contributed by atoms with E-state index in [1.807, 2.05) is 57.0 Å². The molecule has 0 aliphatic heterocycles. The standard InChI is InChI=1S/C26H24B3N3O/c1-6-21(32(5)7-2)17-8-9-18-14-30-22(13-19(18)12-17)31-23(33)11-10-20-24(27)15(3)16(4)25(28)26(20)29/h6-14H,2H2,1,3-5H3,(H,30,31,33)/b11-10+,21-6-. The van der Waals surface area contributed by atoms with Gasteiger partial charge in [0.1, 0.15) is 29.4 Å². The molecule has 158 valence electrons. The third kappa shape index (κ3) is 4.98. The molecule has 4 nitrogen and oxygen atoms in total. The number of carbonyl (C=O) groups excluding carboxylic acids is 1. The average Bonchev–Trinajstić information content (AvgIpc) is 2.81. The van der Waals surface area contributed by atoms with E-state index in [-0.39, 0.29) is 5.91 Å². The molecule has 0 unspecified atom stereocenters. The van der Waals surface area contributed by atoms with Crippen LogP contribution >= 0.6 is 0 Å². The molecule has 1 heterocycles. The Morgan fingerprint density at radius 2 is 1.76 bits per heavy atom. The van der Waals surface area contributed by atoms with Crippen LogP contribution in [0.2, 0.25) is 0 Å². The quantitative estimate of drug-likeness (QED) is 0.486. The van der Waals surface area contributed by atoms with E-state index in [1.165, 1.54) is 6.08 Å². The van der Waals surface area contributed by atoms with Crippen LogP contribution in [0.5, 0.6) is 0 Å². The second-order valence-corrected chi connectivity index (χ2v) is 7.83. The highest BCUT2D eigenvalue weighted by Crippen LogP contribution is 2.24. The number of hydrogen-bond donors (Lipinski definition) is 1. The molecule has 3 rings (SSSR count). The van der Waals surface area contributed by atoms with Gasteiger partial charge in [0.25, 0.3) is 0 Å². The van der Waals surface area contributed by atoms with Crippen LogP contribution in [0, 0.1) is 13.8 Å².